The molecule has 0 bridgehead atoms. The molecular formula is C25H31N3O4S2. The number of phenolic OH excluding ortho intramolecular Hbond substituents is 1. The van der Waals surface area contributed by atoms with Gasteiger partial charge < -0.3 is 15.2 Å². The fourth-order valence-electron chi connectivity index (χ4n) is 4.31. The summed E-state index contributed by atoms with van der Waals surface area (Å²) in [5.41, 5.74) is 1.89. The van der Waals surface area contributed by atoms with E-state index < -0.39 is 10.0 Å². The van der Waals surface area contributed by atoms with E-state index in [0.717, 1.165) is 34.1 Å². The quantitative estimate of drug-likeness (QED) is 0.359. The predicted octanol–water partition coefficient (Wildman–Crippen LogP) is 6.16. The van der Waals surface area contributed by atoms with E-state index in [1.165, 1.54) is 51.3 Å². The van der Waals surface area contributed by atoms with E-state index in [1.54, 1.807) is 35.6 Å². The second-order valence-electron chi connectivity index (χ2n) is 8.64. The van der Waals surface area contributed by atoms with Crippen LogP contribution in [0, 0.1) is 6.92 Å². The van der Waals surface area contributed by atoms with Crippen molar-refractivity contribution in [3.05, 3.63) is 48.2 Å². The fourth-order valence-corrected chi connectivity index (χ4v) is 6.59. The summed E-state index contributed by atoms with van der Waals surface area (Å²) in [5.74, 6) is 0.219. The smallest absolute Gasteiger partial charge is 0.265 e. The van der Waals surface area contributed by atoms with E-state index in [-0.39, 0.29) is 22.1 Å². The molecule has 0 aliphatic heterocycles. The van der Waals surface area contributed by atoms with Crippen LogP contribution in [-0.4, -0.2) is 31.7 Å². The largest absolute Gasteiger partial charge is 0.508 e. The van der Waals surface area contributed by atoms with Crippen LogP contribution in [-0.2, 0) is 10.0 Å². The van der Waals surface area contributed by atoms with Crippen LogP contribution in [0.5, 0.6) is 11.5 Å². The Labute approximate surface area is 205 Å². The number of nitrogens with one attached hydrogen (secondary N) is 2. The van der Waals surface area contributed by atoms with Crippen molar-refractivity contribution < 1.29 is 18.3 Å². The van der Waals surface area contributed by atoms with Crippen molar-refractivity contribution in [1.29, 1.82) is 0 Å². The average Bonchev–Trinajstić information content (AvgIpc) is 3.14. The van der Waals surface area contributed by atoms with Crippen LogP contribution in [0.1, 0.15) is 50.6 Å². The lowest BCUT2D eigenvalue weighted by Crippen LogP contribution is -2.20. The summed E-state index contributed by atoms with van der Waals surface area (Å²) in [6.07, 6.45) is 8.69. The molecule has 3 N–H and O–H groups in total. The monoisotopic (exact) mass is 501 g/mol. The zero-order chi connectivity index (χ0) is 24.1. The molecule has 34 heavy (non-hydrogen) atoms. The Bertz CT molecular complexity index is 1230. The normalized spacial score (nSPS) is 15.4. The molecular weight excluding hydrogens is 470 g/mol. The second-order valence-corrected chi connectivity index (χ2v) is 11.3. The number of anilines is 2. The Morgan fingerprint density at radius 2 is 1.79 bits per heavy atom. The van der Waals surface area contributed by atoms with E-state index in [9.17, 15) is 13.5 Å². The summed E-state index contributed by atoms with van der Waals surface area (Å²) in [5, 5.41) is 14.2. The first kappa shape index (κ1) is 24.3. The number of benzene rings is 2. The van der Waals surface area contributed by atoms with Crippen molar-refractivity contribution in [2.45, 2.75) is 62.8 Å². The van der Waals surface area contributed by atoms with Crippen molar-refractivity contribution in [1.82, 2.24) is 4.98 Å². The molecule has 0 saturated heterocycles. The maximum absolute atomic E-state index is 13.2. The molecule has 1 aliphatic rings. The number of ether oxygens (including phenoxy) is 1. The Morgan fingerprint density at radius 1 is 1.06 bits per heavy atom. The molecule has 2 aromatic carbocycles. The maximum Gasteiger partial charge on any atom is 0.265 e. The average molecular weight is 502 g/mol. The van der Waals surface area contributed by atoms with Gasteiger partial charge in [-0.25, -0.2) is 13.4 Å². The molecule has 0 atom stereocenters. The highest BCUT2D eigenvalue weighted by Gasteiger charge is 2.23. The third-order valence-electron chi connectivity index (χ3n) is 6.04. The number of aromatic hydroxyl groups is 1. The number of hydrogen-bond acceptors (Lipinski definition) is 7. The fraction of sp³-hybridized carbons (Fsp3) is 0.400. The standard InChI is InChI=1S/C25H31N3O4S2/c1-17-24(33-25(26-17)27-19-9-6-4-3-5-7-10-19)18-13-14-22(32-2)23(15-18)34(30,31)28-20-11-8-12-21(29)16-20/h8,11-16,19,28-29H,3-7,9-10H2,1-2H3,(H,26,27). The van der Waals surface area contributed by atoms with Gasteiger partial charge in [-0.2, -0.15) is 0 Å². The maximum atomic E-state index is 13.2. The highest BCUT2D eigenvalue weighted by Crippen LogP contribution is 2.37. The first-order chi connectivity index (χ1) is 16.4. The summed E-state index contributed by atoms with van der Waals surface area (Å²) >= 11 is 1.55. The lowest BCUT2D eigenvalue weighted by atomic mass is 9.97. The Morgan fingerprint density at radius 3 is 2.50 bits per heavy atom. The van der Waals surface area contributed by atoms with E-state index in [4.69, 9.17) is 9.72 Å². The van der Waals surface area contributed by atoms with Crippen LogP contribution in [0.15, 0.2) is 47.4 Å². The van der Waals surface area contributed by atoms with Gasteiger partial charge in [-0.05, 0) is 55.7 Å². The first-order valence-electron chi connectivity index (χ1n) is 11.6. The molecule has 0 amide bonds. The lowest BCUT2D eigenvalue weighted by Gasteiger charge is -2.20. The summed E-state index contributed by atoms with van der Waals surface area (Å²) in [4.78, 5) is 5.68. The van der Waals surface area contributed by atoms with Crippen molar-refractivity contribution in [3.8, 4) is 21.9 Å². The molecule has 0 unspecified atom stereocenters. The number of phenols is 1. The van der Waals surface area contributed by atoms with Crippen LogP contribution < -0.4 is 14.8 Å². The van der Waals surface area contributed by atoms with Gasteiger partial charge in [0, 0.05) is 12.1 Å². The number of methoxy groups -OCH3 is 1. The van der Waals surface area contributed by atoms with Gasteiger partial charge in [-0.3, -0.25) is 4.72 Å². The SMILES string of the molecule is COc1ccc(-c2sc(NC3CCCCCCC3)nc2C)cc1S(=O)(=O)Nc1cccc(O)c1. The summed E-state index contributed by atoms with van der Waals surface area (Å²) < 4.78 is 34.3. The van der Waals surface area contributed by atoms with Crippen LogP contribution in [0.2, 0.25) is 0 Å². The first-order valence-corrected chi connectivity index (χ1v) is 13.9. The van der Waals surface area contributed by atoms with Crippen molar-refractivity contribution in [2.24, 2.45) is 0 Å². The van der Waals surface area contributed by atoms with Gasteiger partial charge in [0.25, 0.3) is 10.0 Å². The minimum atomic E-state index is -3.96. The molecule has 3 aromatic rings. The van der Waals surface area contributed by atoms with Gasteiger partial charge in [0.05, 0.1) is 23.4 Å². The van der Waals surface area contributed by atoms with Crippen LogP contribution in [0.3, 0.4) is 0 Å². The van der Waals surface area contributed by atoms with E-state index in [0.29, 0.717) is 6.04 Å². The van der Waals surface area contributed by atoms with Crippen molar-refractivity contribution >= 4 is 32.2 Å². The minimum Gasteiger partial charge on any atom is -0.508 e. The van der Waals surface area contributed by atoms with Crippen LogP contribution in [0.4, 0.5) is 10.8 Å². The van der Waals surface area contributed by atoms with E-state index >= 15 is 0 Å². The number of aromatic nitrogens is 1. The van der Waals surface area contributed by atoms with Gasteiger partial charge in [0.15, 0.2) is 5.13 Å². The van der Waals surface area contributed by atoms with Crippen LogP contribution in [0.25, 0.3) is 10.4 Å². The predicted molar refractivity (Wildman–Crippen MR) is 137 cm³/mol. The number of thiazole rings is 1. The van der Waals surface area contributed by atoms with Crippen LogP contribution >= 0.6 is 11.3 Å². The Hall–Kier alpha value is -2.78. The molecule has 0 radical (unpaired) electrons. The number of aryl methyl sites for hydroxylation is 1. The number of rotatable bonds is 7. The molecule has 1 aliphatic carbocycles. The van der Waals surface area contributed by atoms with Gasteiger partial charge >= 0.3 is 0 Å². The molecule has 1 aromatic heterocycles. The molecule has 7 nitrogen and oxygen atoms in total. The third-order valence-corrected chi connectivity index (χ3v) is 8.58. The molecule has 1 saturated carbocycles. The lowest BCUT2D eigenvalue weighted by molar-refractivity contribution is 0.403. The van der Waals surface area contributed by atoms with Crippen molar-refractivity contribution in [2.75, 3.05) is 17.1 Å². The molecule has 182 valence electrons. The number of nitrogens with zero attached hydrogens (tertiary/aromatic N) is 1. The van der Waals surface area contributed by atoms with Gasteiger partial charge in [-0.1, -0.05) is 49.5 Å². The molecule has 1 fully saturated rings. The Kier molecular flexibility index (Phi) is 7.63. The zero-order valence-corrected chi connectivity index (χ0v) is 21.1. The van der Waals surface area contributed by atoms with Gasteiger partial charge in [0.1, 0.15) is 16.4 Å². The van der Waals surface area contributed by atoms with E-state index in [2.05, 4.69) is 10.0 Å². The van der Waals surface area contributed by atoms with E-state index in [1.807, 2.05) is 13.0 Å². The van der Waals surface area contributed by atoms with Gasteiger partial charge in [-0.15, -0.1) is 0 Å². The minimum absolute atomic E-state index is 0.0227. The summed E-state index contributed by atoms with van der Waals surface area (Å²) in [6, 6.07) is 11.5. The third kappa shape index (κ3) is 5.82. The summed E-state index contributed by atoms with van der Waals surface area (Å²) in [6.45, 7) is 1.94. The molecule has 0 spiro atoms. The topological polar surface area (TPSA) is 101 Å². The van der Waals surface area contributed by atoms with Gasteiger partial charge in [0.2, 0.25) is 0 Å². The van der Waals surface area contributed by atoms with Crippen molar-refractivity contribution in [3.63, 3.8) is 0 Å². The zero-order valence-electron chi connectivity index (χ0n) is 19.5. The molecule has 9 heteroatoms. The molecule has 1 heterocycles. The number of sulfonamides is 1. The summed E-state index contributed by atoms with van der Waals surface area (Å²) in [7, 11) is -2.52. The number of hydrogen-bond donors (Lipinski definition) is 3. The second kappa shape index (κ2) is 10.7. The Balaban J connectivity index is 1.61. The molecule has 4 rings (SSSR count). The highest BCUT2D eigenvalue weighted by atomic mass is 32.2. The highest BCUT2D eigenvalue weighted by molar-refractivity contribution is 7.92.